The second-order valence-corrected chi connectivity index (χ2v) is 7.38. The van der Waals surface area contributed by atoms with Crippen molar-refractivity contribution in [3.8, 4) is 0 Å². The summed E-state index contributed by atoms with van der Waals surface area (Å²) in [6.07, 6.45) is 2.03. The Balaban J connectivity index is 2.56. The Morgan fingerprint density at radius 1 is 1.35 bits per heavy atom. The van der Waals surface area contributed by atoms with Gasteiger partial charge in [0.25, 0.3) is 0 Å². The van der Waals surface area contributed by atoms with Gasteiger partial charge < -0.3 is 5.73 Å². The number of hydrogen-bond donors (Lipinski definition) is 1. The predicted molar refractivity (Wildman–Crippen MR) is 75.8 cm³/mol. The quantitative estimate of drug-likeness (QED) is 0.847. The Morgan fingerprint density at radius 2 is 2.00 bits per heavy atom. The molecule has 1 unspecified atom stereocenters. The number of hydrogen-bond acceptors (Lipinski definition) is 2. The van der Waals surface area contributed by atoms with Crippen molar-refractivity contribution in [1.29, 1.82) is 0 Å². The molecule has 0 heterocycles. The zero-order valence-corrected chi connectivity index (χ0v) is 12.2. The van der Waals surface area contributed by atoms with Crippen molar-refractivity contribution in [2.24, 2.45) is 5.41 Å². The maximum Gasteiger partial charge on any atom is 0.0647 e. The van der Waals surface area contributed by atoms with E-state index in [1.807, 2.05) is 0 Å². The van der Waals surface area contributed by atoms with Crippen molar-refractivity contribution >= 4 is 28.1 Å². The number of nitrogens with two attached hydrogens (primary N) is 1. The molecule has 17 heavy (non-hydrogen) atoms. The summed E-state index contributed by atoms with van der Waals surface area (Å²) in [4.78, 5) is 0.762. The molecule has 0 aliphatic carbocycles. The maximum absolute atomic E-state index is 12.0. The Labute approximate surface area is 111 Å². The summed E-state index contributed by atoms with van der Waals surface area (Å²) < 4.78 is 12.0. The highest BCUT2D eigenvalue weighted by Crippen LogP contribution is 2.24. The summed E-state index contributed by atoms with van der Waals surface area (Å²) in [6.45, 7) is 6.57. The van der Waals surface area contributed by atoms with E-state index in [2.05, 4.69) is 20.8 Å². The molecule has 0 fully saturated rings. The highest BCUT2D eigenvalue weighted by atomic mass is 35.5. The number of rotatable bonds is 4. The third-order valence-corrected chi connectivity index (χ3v) is 4.26. The van der Waals surface area contributed by atoms with E-state index in [-0.39, 0.29) is 0 Å². The number of nitrogen functional groups attached to an aromatic ring is 1. The molecular formula is C13H20ClNOS. The molecule has 1 atom stereocenters. The van der Waals surface area contributed by atoms with Gasteiger partial charge in [-0.25, -0.2) is 0 Å². The molecule has 0 radical (unpaired) electrons. The Kier molecular flexibility index (Phi) is 5.02. The number of benzene rings is 1. The molecule has 0 saturated carbocycles. The summed E-state index contributed by atoms with van der Waals surface area (Å²) in [5.41, 5.74) is 6.44. The average molecular weight is 274 g/mol. The van der Waals surface area contributed by atoms with E-state index in [0.29, 0.717) is 21.9 Å². The molecular weight excluding hydrogens is 254 g/mol. The lowest BCUT2D eigenvalue weighted by atomic mass is 9.91. The van der Waals surface area contributed by atoms with Gasteiger partial charge in [-0.3, -0.25) is 4.21 Å². The van der Waals surface area contributed by atoms with Crippen molar-refractivity contribution < 1.29 is 4.21 Å². The van der Waals surface area contributed by atoms with Gasteiger partial charge >= 0.3 is 0 Å². The minimum absolute atomic E-state index is 0.295. The third-order valence-electron chi connectivity index (χ3n) is 2.49. The second-order valence-electron chi connectivity index (χ2n) is 5.40. The molecule has 0 saturated heterocycles. The highest BCUT2D eigenvalue weighted by Gasteiger charge is 2.12. The first kappa shape index (κ1) is 14.5. The summed E-state index contributed by atoms with van der Waals surface area (Å²) >= 11 is 5.91. The standard InChI is InChI=1S/C13H20ClNOS/c1-13(2,3)7-4-8-17(16)10-5-6-12(15)11(14)9-10/h5-6,9H,4,7-8,15H2,1-3H3. The van der Waals surface area contributed by atoms with Crippen LogP contribution in [0.5, 0.6) is 0 Å². The third kappa shape index (κ3) is 5.09. The zero-order valence-electron chi connectivity index (χ0n) is 10.6. The largest absolute Gasteiger partial charge is 0.398 e. The van der Waals surface area contributed by atoms with Gasteiger partial charge in [0, 0.05) is 10.6 Å². The fraction of sp³-hybridized carbons (Fsp3) is 0.538. The molecule has 1 aromatic rings. The van der Waals surface area contributed by atoms with Gasteiger partial charge in [-0.15, -0.1) is 0 Å². The Bertz CT molecular complexity index is 412. The van der Waals surface area contributed by atoms with Crippen LogP contribution in [0.3, 0.4) is 0 Å². The average Bonchev–Trinajstić information content (AvgIpc) is 2.20. The normalized spacial score (nSPS) is 13.6. The SMILES string of the molecule is CC(C)(C)CCCS(=O)c1ccc(N)c(Cl)c1. The summed E-state index contributed by atoms with van der Waals surface area (Å²) in [5, 5.41) is 0.478. The maximum atomic E-state index is 12.0. The molecule has 0 amide bonds. The molecule has 2 nitrogen and oxygen atoms in total. The van der Waals surface area contributed by atoms with Crippen molar-refractivity contribution in [2.75, 3.05) is 11.5 Å². The molecule has 96 valence electrons. The first-order valence-corrected chi connectivity index (χ1v) is 7.43. The zero-order chi connectivity index (χ0) is 13.1. The van der Waals surface area contributed by atoms with E-state index in [9.17, 15) is 4.21 Å². The molecule has 0 bridgehead atoms. The topological polar surface area (TPSA) is 43.1 Å². The van der Waals surface area contributed by atoms with Crippen LogP contribution in [-0.4, -0.2) is 9.96 Å². The van der Waals surface area contributed by atoms with Crippen LogP contribution in [0.4, 0.5) is 5.69 Å². The number of anilines is 1. The van der Waals surface area contributed by atoms with Crippen molar-refractivity contribution in [1.82, 2.24) is 0 Å². The molecule has 0 aliphatic rings. The predicted octanol–water partition coefficient (Wildman–Crippen LogP) is 3.86. The molecule has 4 heteroatoms. The van der Waals surface area contributed by atoms with Gasteiger partial charge in [0.1, 0.15) is 0 Å². The van der Waals surface area contributed by atoms with E-state index >= 15 is 0 Å². The molecule has 1 aromatic carbocycles. The van der Waals surface area contributed by atoms with Crippen molar-refractivity contribution in [2.45, 2.75) is 38.5 Å². The van der Waals surface area contributed by atoms with Crippen LogP contribution in [-0.2, 0) is 10.8 Å². The minimum Gasteiger partial charge on any atom is -0.398 e. The van der Waals surface area contributed by atoms with Crippen LogP contribution in [0, 0.1) is 5.41 Å². The minimum atomic E-state index is -0.977. The molecule has 0 aliphatic heterocycles. The summed E-state index contributed by atoms with van der Waals surface area (Å²) in [7, 11) is -0.977. The Hall–Kier alpha value is -0.540. The smallest absolute Gasteiger partial charge is 0.0647 e. The number of halogens is 1. The fourth-order valence-electron chi connectivity index (χ4n) is 1.50. The van der Waals surface area contributed by atoms with Gasteiger partial charge in [0.2, 0.25) is 0 Å². The van der Waals surface area contributed by atoms with Gasteiger partial charge in [-0.1, -0.05) is 32.4 Å². The van der Waals surface area contributed by atoms with E-state index in [4.69, 9.17) is 17.3 Å². The van der Waals surface area contributed by atoms with Crippen molar-refractivity contribution in [3.05, 3.63) is 23.2 Å². The lowest BCUT2D eigenvalue weighted by Crippen LogP contribution is -2.07. The molecule has 0 aromatic heterocycles. The van der Waals surface area contributed by atoms with Crippen LogP contribution < -0.4 is 5.73 Å². The monoisotopic (exact) mass is 273 g/mol. The highest BCUT2D eigenvalue weighted by molar-refractivity contribution is 7.85. The van der Waals surface area contributed by atoms with Crippen LogP contribution in [0.15, 0.2) is 23.1 Å². The lowest BCUT2D eigenvalue weighted by molar-refractivity contribution is 0.374. The Morgan fingerprint density at radius 3 is 2.53 bits per heavy atom. The summed E-state index contributed by atoms with van der Waals surface area (Å²) in [6, 6.07) is 5.19. The van der Waals surface area contributed by atoms with E-state index in [1.165, 1.54) is 0 Å². The lowest BCUT2D eigenvalue weighted by Gasteiger charge is -2.17. The second kappa shape index (κ2) is 5.87. The first-order chi connectivity index (χ1) is 7.79. The van der Waals surface area contributed by atoms with E-state index in [0.717, 1.165) is 17.7 Å². The summed E-state index contributed by atoms with van der Waals surface area (Å²) in [5.74, 6) is 0.678. The van der Waals surface area contributed by atoms with Gasteiger partial charge in [-0.05, 0) is 36.5 Å². The van der Waals surface area contributed by atoms with Crippen LogP contribution in [0.25, 0.3) is 0 Å². The molecule has 1 rings (SSSR count). The van der Waals surface area contributed by atoms with Gasteiger partial charge in [-0.2, -0.15) is 0 Å². The van der Waals surface area contributed by atoms with Gasteiger partial charge in [0.05, 0.1) is 21.5 Å². The first-order valence-electron chi connectivity index (χ1n) is 5.73. The van der Waals surface area contributed by atoms with Gasteiger partial charge in [0.15, 0.2) is 0 Å². The van der Waals surface area contributed by atoms with Crippen LogP contribution in [0.1, 0.15) is 33.6 Å². The fourth-order valence-corrected chi connectivity index (χ4v) is 2.86. The van der Waals surface area contributed by atoms with Crippen molar-refractivity contribution in [3.63, 3.8) is 0 Å². The van der Waals surface area contributed by atoms with E-state index < -0.39 is 10.8 Å². The van der Waals surface area contributed by atoms with Crippen LogP contribution in [0.2, 0.25) is 5.02 Å². The van der Waals surface area contributed by atoms with E-state index in [1.54, 1.807) is 18.2 Å². The van der Waals surface area contributed by atoms with Crippen LogP contribution >= 0.6 is 11.6 Å². The molecule has 2 N–H and O–H groups in total. The molecule has 0 spiro atoms.